The monoisotopic (exact) mass is 2080 g/mol. The van der Waals surface area contributed by atoms with E-state index >= 15 is 0 Å². The molecule has 41 heteroatoms. The molecule has 2 saturated carbocycles. The Hall–Kier alpha value is -8.62. The minimum absolute atomic E-state index is 0.00566. The molecule has 6 amide bonds. The number of nitrogens with one attached hydrogen (secondary N) is 3. The number of hydrogen-bond donors (Lipinski definition) is 9. The fraction of sp³-hybridized carbons (Fsp3) is 0.644. The third-order valence-electron chi connectivity index (χ3n) is 25.9. The minimum atomic E-state index is -3.95. The molecule has 9 atom stereocenters. The van der Waals surface area contributed by atoms with E-state index in [1.54, 1.807) is 6.07 Å². The van der Waals surface area contributed by atoms with E-state index in [4.69, 9.17) is 36.1 Å². The highest BCUT2D eigenvalue weighted by Gasteiger charge is 2.44. The van der Waals surface area contributed by atoms with Gasteiger partial charge in [0.1, 0.15) is 71.3 Å². The summed E-state index contributed by atoms with van der Waals surface area (Å²) in [5, 5.41) is 38.9. The van der Waals surface area contributed by atoms with E-state index in [0.717, 1.165) is 97.2 Å². The van der Waals surface area contributed by atoms with E-state index in [2.05, 4.69) is 16.0 Å². The predicted octanol–water partition coefficient (Wildman–Crippen LogP) is 12.1. The molecule has 5 aromatic rings. The predicted molar refractivity (Wildman–Crippen MR) is 532 cm³/mol. The van der Waals surface area contributed by atoms with Gasteiger partial charge in [-0.1, -0.05) is 149 Å². The summed E-state index contributed by atoms with van der Waals surface area (Å²) in [7, 11) is -15.0. The van der Waals surface area contributed by atoms with Crippen LogP contribution in [0.4, 0.5) is 40.7 Å². The number of nitrogens with two attached hydrogens (primary N) is 3. The molecule has 4 fully saturated rings. The number of aliphatic hydroxyl groups is 3. The number of ether oxygens (including phenoxy) is 4. The Labute approximate surface area is 835 Å². The zero-order valence-electron chi connectivity index (χ0n) is 83.4. The van der Waals surface area contributed by atoms with Crippen molar-refractivity contribution in [3.05, 3.63) is 177 Å². The van der Waals surface area contributed by atoms with Crippen molar-refractivity contribution in [2.45, 2.75) is 343 Å². The molecule has 31 nitrogen and oxygen atoms in total. The number of piperidine rings is 1. The molecule has 0 aromatic heterocycles. The number of halogens is 6. The lowest BCUT2D eigenvalue weighted by Gasteiger charge is -2.33. The summed E-state index contributed by atoms with van der Waals surface area (Å²) >= 11 is 0. The molecule has 2 heterocycles. The van der Waals surface area contributed by atoms with Gasteiger partial charge in [-0.15, -0.1) is 0 Å². The third-order valence-corrected chi connectivity index (χ3v) is 34.0. The summed E-state index contributed by atoms with van der Waals surface area (Å²) in [4.78, 5) is 86.0. The van der Waals surface area contributed by atoms with Gasteiger partial charge in [0.2, 0.25) is 27.7 Å². The maximum Gasteiger partial charge on any atom is 0.408 e. The number of sulfone groups is 3. The highest BCUT2D eigenvalue weighted by atomic mass is 32.2. The molecule has 2 aliphatic heterocycles. The molecule has 0 spiro atoms. The zero-order valence-corrected chi connectivity index (χ0v) is 86.7. The Balaban J connectivity index is 0.000000291. The highest BCUT2D eigenvalue weighted by molar-refractivity contribution is 7.92. The number of carbonyl (C=O) groups is 6. The Bertz CT molecular complexity index is 5220. The lowest BCUT2D eigenvalue weighted by molar-refractivity contribution is -0.135. The van der Waals surface area contributed by atoms with E-state index in [9.17, 15) is 104 Å². The molecule has 0 bridgehead atoms. The Kier molecular flexibility index (Phi) is 50.2. The van der Waals surface area contributed by atoms with Crippen LogP contribution in [0.15, 0.2) is 103 Å². The number of benzene rings is 5. The van der Waals surface area contributed by atoms with Crippen molar-refractivity contribution < 1.29 is 123 Å². The first kappa shape index (κ1) is 120. The third kappa shape index (κ3) is 41.0. The summed E-state index contributed by atoms with van der Waals surface area (Å²) in [6.07, 6.45) is 7.19. The summed E-state index contributed by atoms with van der Waals surface area (Å²) < 4.78 is 212. The number of amides is 6. The summed E-state index contributed by atoms with van der Waals surface area (Å²) in [5.74, 6) is -8.85. The van der Waals surface area contributed by atoms with Crippen LogP contribution in [-0.4, -0.2) is 268 Å². The first-order chi connectivity index (χ1) is 67.2. The van der Waals surface area contributed by atoms with Gasteiger partial charge in [-0.2, -0.15) is 0 Å². The van der Waals surface area contributed by atoms with E-state index in [0.29, 0.717) is 147 Å². The van der Waals surface area contributed by atoms with Crippen molar-refractivity contribution in [1.29, 1.82) is 0 Å². The molecule has 2 saturated heterocycles. The second kappa shape index (κ2) is 59.2. The van der Waals surface area contributed by atoms with Crippen LogP contribution < -0.4 is 33.2 Å². The van der Waals surface area contributed by atoms with Gasteiger partial charge in [-0.05, 0) is 197 Å². The normalized spacial score (nSPS) is 16.8. The van der Waals surface area contributed by atoms with Gasteiger partial charge >= 0.3 is 18.3 Å². The highest BCUT2D eigenvalue weighted by Crippen LogP contribution is 2.31. The van der Waals surface area contributed by atoms with E-state index in [-0.39, 0.29) is 100 Å². The SMILES string of the molecule is CCCC(CCC)S(=O)(=O)CC(NC(=O)OC1CCCCC1)C(=O)N(Cc1cccc(CC)c1)C[C@@H](O)[C@@H](N)Cc1cc(F)cc(F)c1.CCCC(CCC)S(=O)(=O)CC(NC(=O)OC1CCN(S(C)(=O)=O)CC1)C(=O)N(Cc1cccc(CC)c1)C[C@@H](O)[C@@H](N)Cc1cc(F)cc(F)c1.CCCC(CCC)S(=O)(=O)CC(NC(=O)OC1CCOCC1)C(=O)N(C[C@@H](O)[C@@H](N)Cc1cc(F)cc(F)c1)C1CC1. The smallest absolute Gasteiger partial charge is 0.408 e. The second-order valence-corrected chi connectivity index (χ2v) is 46.9. The molecule has 5 aromatic carbocycles. The first-order valence-electron chi connectivity index (χ1n) is 50.0. The van der Waals surface area contributed by atoms with Crippen molar-refractivity contribution in [3.8, 4) is 0 Å². The maximum atomic E-state index is 14.5. The van der Waals surface area contributed by atoms with E-state index in [1.165, 1.54) is 19.0 Å². The van der Waals surface area contributed by atoms with Gasteiger partial charge in [-0.25, -0.2) is 78.7 Å². The number of aliphatic hydroxyl groups excluding tert-OH is 3. The standard InChI is InChI=1S/C36H54F2N4O8S2.C36H53F2N3O6S.C29H45F2N3O7S/c1-5-9-31(10-6-2)52(48,49)24-33(40-36(45)50-30-13-15-42(16-14-30)51(4,46)47)35(44)41(22-26-12-8-11-25(7-3)17-26)23-34(43)32(39)20-27-18-28(37)21-29(38)19-27;1-4-11-31(12-5-2)48(45,46)24-33(40-36(44)47-30-15-8-7-9-16-30)35(43)41(22-26-14-10-13-25(6-3)17-26)23-34(42)32(39)20-27-18-28(37)21-29(38)19-27;1-3-5-24(6-4-2)42(38,39)18-26(33-29(37)41-23-9-11-40-12-10-23)28(36)34(22-7-8-22)17-27(35)25(32)15-19-13-20(30)16-21(31)14-19/h8,11-12,17-19,21,30-34,43H,5-7,9-10,13-16,20,22-24,39H2,1-4H3,(H,40,45);10,13-14,17-19,21,30-34,42H,4-9,11-12,15-16,20,22-24,39H2,1-3H3,(H,40,44);13-14,16,22-27,35H,3-12,15,17-18,32H2,1-2H3,(H,33,37)/t2*32-,33?,34+;25-,26?,27+/m000/s1. The van der Waals surface area contributed by atoms with Crippen LogP contribution in [-0.2, 0) is 118 Å². The Morgan fingerprint density at radius 2 is 0.697 bits per heavy atom. The van der Waals surface area contributed by atoms with Crippen LogP contribution in [0.2, 0.25) is 0 Å². The lowest BCUT2D eigenvalue weighted by atomic mass is 9.98. The first-order valence-corrected chi connectivity index (χ1v) is 57.0. The van der Waals surface area contributed by atoms with Crippen LogP contribution in [0.3, 0.4) is 0 Å². The summed E-state index contributed by atoms with van der Waals surface area (Å²) in [6.45, 7) is 15.4. The fourth-order valence-electron chi connectivity index (χ4n) is 18.0. The van der Waals surface area contributed by atoms with Crippen LogP contribution in [0.1, 0.15) is 242 Å². The molecular formula is C101H152F6N10O21S4. The largest absolute Gasteiger partial charge is 0.446 e. The van der Waals surface area contributed by atoms with Crippen molar-refractivity contribution >= 4 is 75.5 Å². The minimum Gasteiger partial charge on any atom is -0.446 e. The maximum absolute atomic E-state index is 14.5. The zero-order chi connectivity index (χ0) is 105. The van der Waals surface area contributed by atoms with Crippen molar-refractivity contribution in [2.24, 2.45) is 17.2 Å². The molecule has 4 aliphatic rings. The van der Waals surface area contributed by atoms with Gasteiger partial charge < -0.3 is 82.1 Å². The second-order valence-electron chi connectivity index (χ2n) is 38.0. The van der Waals surface area contributed by atoms with E-state index < -0.39 is 217 Å². The van der Waals surface area contributed by atoms with Gasteiger partial charge in [0.25, 0.3) is 0 Å². The number of carbonyl (C=O) groups excluding carboxylic acids is 6. The number of sulfonamides is 1. The molecule has 142 heavy (non-hydrogen) atoms. The number of rotatable bonds is 53. The summed E-state index contributed by atoms with van der Waals surface area (Å²) in [5.41, 5.74) is 22.8. The van der Waals surface area contributed by atoms with Crippen molar-refractivity contribution in [2.75, 3.05) is 69.5 Å². The van der Waals surface area contributed by atoms with Gasteiger partial charge in [0, 0.05) is 101 Å². The topological polar surface area (TPSA) is 464 Å². The van der Waals surface area contributed by atoms with Crippen LogP contribution in [0.25, 0.3) is 0 Å². The molecule has 0 radical (unpaired) electrons. The van der Waals surface area contributed by atoms with Crippen LogP contribution in [0.5, 0.6) is 0 Å². The molecule has 798 valence electrons. The molecule has 12 N–H and O–H groups in total. The van der Waals surface area contributed by atoms with Gasteiger partial charge in [-0.3, -0.25) is 14.4 Å². The van der Waals surface area contributed by atoms with Gasteiger partial charge in [0.15, 0.2) is 29.5 Å². The molecule has 9 rings (SSSR count). The van der Waals surface area contributed by atoms with Crippen LogP contribution >= 0.6 is 0 Å². The fourth-order valence-corrected chi connectivity index (χ4v) is 25.4. The summed E-state index contributed by atoms with van der Waals surface area (Å²) in [6, 6.07) is 15.9. The average molecular weight is 2080 g/mol. The quantitative estimate of drug-likeness (QED) is 0.0129. The Morgan fingerprint density at radius 1 is 0.401 bits per heavy atom. The average Bonchev–Trinajstić information content (AvgIpc) is 1.69. The van der Waals surface area contributed by atoms with E-state index in [1.807, 2.05) is 97.9 Å². The number of alkyl carbamates (subject to hydrolysis) is 3. The molecule has 2 aliphatic carbocycles. The van der Waals surface area contributed by atoms with Gasteiger partial charge in [0.05, 0.1) is 70.8 Å². The lowest BCUT2D eigenvalue weighted by Crippen LogP contribution is -2.56. The number of aryl methyl sites for hydroxylation is 2. The van der Waals surface area contributed by atoms with Crippen LogP contribution in [0, 0.1) is 34.9 Å². The molecule has 3 unspecified atom stereocenters. The Morgan fingerprint density at radius 3 is 1.00 bits per heavy atom. The van der Waals surface area contributed by atoms with Crippen molar-refractivity contribution in [1.82, 2.24) is 35.0 Å². The number of hydrogen-bond acceptors (Lipinski definition) is 24. The number of nitrogens with zero attached hydrogens (tertiary/aromatic N) is 4. The molecular weight excluding hydrogens is 1930 g/mol. The van der Waals surface area contributed by atoms with Crippen molar-refractivity contribution in [3.63, 3.8) is 0 Å².